The fraction of sp³-hybridized carbons (Fsp3) is 1.00. The Balaban J connectivity index is 4.40. The van der Waals surface area contributed by atoms with E-state index >= 15 is 0 Å². The van der Waals surface area contributed by atoms with Crippen molar-refractivity contribution in [2.45, 2.75) is 19.6 Å². The fourth-order valence-corrected chi connectivity index (χ4v) is 3.51. The Morgan fingerprint density at radius 1 is 1.18 bits per heavy atom. The highest BCUT2D eigenvalue weighted by atomic mass is 32.2. The molecule has 0 bridgehead atoms. The molecular weight excluding hydrogens is 182 g/mol. The lowest BCUT2D eigenvalue weighted by Crippen LogP contribution is -2.35. The van der Waals surface area contributed by atoms with Crippen LogP contribution in [-0.4, -0.2) is 35.1 Å². The zero-order chi connectivity index (χ0) is 9.28. The second kappa shape index (κ2) is 3.22. The zero-order valence-corrected chi connectivity index (χ0v) is 9.40. The SMILES string of the molecule is CN(C)S(=O)(=O)O[Si](C)(C)C. The summed E-state index contributed by atoms with van der Waals surface area (Å²) in [6.07, 6.45) is 0. The van der Waals surface area contributed by atoms with E-state index in [1.807, 2.05) is 19.6 Å². The number of hydrogen-bond acceptors (Lipinski definition) is 3. The normalized spacial score (nSPS) is 14.0. The third kappa shape index (κ3) is 4.52. The molecule has 4 nitrogen and oxygen atoms in total. The van der Waals surface area contributed by atoms with Crippen LogP contribution in [-0.2, 0) is 14.2 Å². The second-order valence-electron chi connectivity index (χ2n) is 3.44. The van der Waals surface area contributed by atoms with Gasteiger partial charge in [0.2, 0.25) is 8.32 Å². The number of rotatable bonds is 3. The van der Waals surface area contributed by atoms with Crippen molar-refractivity contribution >= 4 is 18.6 Å². The molecule has 0 atom stereocenters. The van der Waals surface area contributed by atoms with Gasteiger partial charge < -0.3 is 3.87 Å². The number of nitrogens with zero attached hydrogens (tertiary/aromatic N) is 1. The van der Waals surface area contributed by atoms with Gasteiger partial charge in [-0.2, -0.15) is 12.7 Å². The van der Waals surface area contributed by atoms with Crippen molar-refractivity contribution in [2.24, 2.45) is 0 Å². The van der Waals surface area contributed by atoms with Gasteiger partial charge in [0.05, 0.1) is 0 Å². The van der Waals surface area contributed by atoms with Crippen LogP contribution in [0.2, 0.25) is 19.6 Å². The summed E-state index contributed by atoms with van der Waals surface area (Å²) in [7, 11) is -2.54. The van der Waals surface area contributed by atoms with Gasteiger partial charge in [0.1, 0.15) is 0 Å². The van der Waals surface area contributed by atoms with Crippen LogP contribution in [0.3, 0.4) is 0 Å². The minimum atomic E-state index is -3.46. The molecule has 68 valence electrons. The Bertz CT molecular complexity index is 216. The predicted octanol–water partition coefficient (Wildman–Crippen LogP) is 0.644. The topological polar surface area (TPSA) is 46.6 Å². The Kier molecular flexibility index (Phi) is 3.24. The summed E-state index contributed by atoms with van der Waals surface area (Å²) in [5.41, 5.74) is 0. The third-order valence-corrected chi connectivity index (χ3v) is 4.54. The minimum Gasteiger partial charge on any atom is -0.304 e. The molecule has 0 N–H and O–H groups in total. The Morgan fingerprint density at radius 2 is 1.55 bits per heavy atom. The zero-order valence-electron chi connectivity index (χ0n) is 7.58. The van der Waals surface area contributed by atoms with Gasteiger partial charge in [0.15, 0.2) is 0 Å². The van der Waals surface area contributed by atoms with E-state index in [1.54, 1.807) is 0 Å². The van der Waals surface area contributed by atoms with Crippen LogP contribution in [0.1, 0.15) is 0 Å². The molecule has 0 radical (unpaired) electrons. The smallest absolute Gasteiger partial charge is 0.304 e. The highest BCUT2D eigenvalue weighted by Crippen LogP contribution is 2.09. The average molecular weight is 197 g/mol. The molecule has 0 aromatic rings. The Labute approximate surface area is 69.5 Å². The molecule has 0 saturated heterocycles. The van der Waals surface area contributed by atoms with E-state index in [-0.39, 0.29) is 0 Å². The monoisotopic (exact) mass is 197 g/mol. The lowest BCUT2D eigenvalue weighted by molar-refractivity contribution is 0.420. The summed E-state index contributed by atoms with van der Waals surface area (Å²) in [5.74, 6) is 0. The van der Waals surface area contributed by atoms with Crippen molar-refractivity contribution in [1.29, 1.82) is 0 Å². The summed E-state index contributed by atoms with van der Waals surface area (Å²) in [5, 5.41) is 0. The van der Waals surface area contributed by atoms with Crippen LogP contribution in [0.4, 0.5) is 0 Å². The lowest BCUT2D eigenvalue weighted by atomic mass is 11.3. The molecule has 0 amide bonds. The van der Waals surface area contributed by atoms with E-state index < -0.39 is 18.6 Å². The maximum Gasteiger partial charge on any atom is 0.328 e. The highest BCUT2D eigenvalue weighted by molar-refractivity contribution is 7.85. The molecule has 0 aliphatic carbocycles. The largest absolute Gasteiger partial charge is 0.328 e. The average Bonchev–Trinajstić information content (AvgIpc) is 1.56. The van der Waals surface area contributed by atoms with Crippen LogP contribution in [0.5, 0.6) is 0 Å². The molecule has 0 spiro atoms. The van der Waals surface area contributed by atoms with Crippen LogP contribution in [0, 0.1) is 0 Å². The summed E-state index contributed by atoms with van der Waals surface area (Å²) in [6, 6.07) is 0. The number of hydrogen-bond donors (Lipinski definition) is 0. The van der Waals surface area contributed by atoms with Gasteiger partial charge in [-0.15, -0.1) is 0 Å². The van der Waals surface area contributed by atoms with Crippen molar-refractivity contribution < 1.29 is 12.3 Å². The first-order valence-electron chi connectivity index (χ1n) is 3.28. The van der Waals surface area contributed by atoms with Crippen LogP contribution in [0.15, 0.2) is 0 Å². The van der Waals surface area contributed by atoms with E-state index in [2.05, 4.69) is 0 Å². The van der Waals surface area contributed by atoms with E-state index in [0.29, 0.717) is 0 Å². The van der Waals surface area contributed by atoms with E-state index in [4.69, 9.17) is 3.87 Å². The van der Waals surface area contributed by atoms with Crippen LogP contribution < -0.4 is 0 Å². The molecule has 0 heterocycles. The molecular formula is C5H15NO3SSi. The first kappa shape index (κ1) is 11.1. The van der Waals surface area contributed by atoms with Gasteiger partial charge >= 0.3 is 10.3 Å². The molecule has 6 heteroatoms. The summed E-state index contributed by atoms with van der Waals surface area (Å²) in [6.45, 7) is 5.48. The molecule has 0 aliphatic rings. The minimum absolute atomic E-state index is 1.07. The first-order chi connectivity index (χ1) is 4.65. The van der Waals surface area contributed by atoms with E-state index in [1.165, 1.54) is 14.1 Å². The van der Waals surface area contributed by atoms with E-state index in [0.717, 1.165) is 4.31 Å². The molecule has 11 heavy (non-hydrogen) atoms. The molecule has 0 unspecified atom stereocenters. The summed E-state index contributed by atoms with van der Waals surface area (Å²) >= 11 is 0. The summed E-state index contributed by atoms with van der Waals surface area (Å²) < 4.78 is 28.2. The van der Waals surface area contributed by atoms with Crippen LogP contribution >= 0.6 is 0 Å². The maximum atomic E-state index is 11.1. The van der Waals surface area contributed by atoms with Crippen molar-refractivity contribution in [3.8, 4) is 0 Å². The van der Waals surface area contributed by atoms with Gasteiger partial charge in [0.25, 0.3) is 0 Å². The maximum absolute atomic E-state index is 11.1. The lowest BCUT2D eigenvalue weighted by Gasteiger charge is -2.19. The van der Waals surface area contributed by atoms with Crippen molar-refractivity contribution in [3.63, 3.8) is 0 Å². The third-order valence-electron chi connectivity index (χ3n) is 0.803. The van der Waals surface area contributed by atoms with Crippen molar-refractivity contribution in [2.75, 3.05) is 14.1 Å². The Hall–Kier alpha value is 0.0869. The van der Waals surface area contributed by atoms with Crippen molar-refractivity contribution in [1.82, 2.24) is 4.31 Å². The molecule has 0 fully saturated rings. The highest BCUT2D eigenvalue weighted by Gasteiger charge is 2.25. The van der Waals surface area contributed by atoms with E-state index in [9.17, 15) is 8.42 Å². The predicted molar refractivity (Wildman–Crippen MR) is 47.0 cm³/mol. The molecule has 0 aliphatic heterocycles. The van der Waals surface area contributed by atoms with Crippen molar-refractivity contribution in [3.05, 3.63) is 0 Å². The van der Waals surface area contributed by atoms with Gasteiger partial charge in [-0.25, -0.2) is 0 Å². The van der Waals surface area contributed by atoms with Gasteiger partial charge in [-0.05, 0) is 19.6 Å². The van der Waals surface area contributed by atoms with Gasteiger partial charge in [-0.3, -0.25) is 0 Å². The first-order valence-corrected chi connectivity index (χ1v) is 8.05. The van der Waals surface area contributed by atoms with Crippen LogP contribution in [0.25, 0.3) is 0 Å². The van der Waals surface area contributed by atoms with Gasteiger partial charge in [0, 0.05) is 14.1 Å². The summed E-state index contributed by atoms with van der Waals surface area (Å²) in [4.78, 5) is 0. The fourth-order valence-electron chi connectivity index (χ4n) is 0.390. The van der Waals surface area contributed by atoms with Gasteiger partial charge in [-0.1, -0.05) is 0 Å². The molecule has 0 aromatic carbocycles. The quantitative estimate of drug-likeness (QED) is 0.624. The molecule has 0 saturated carbocycles. The Morgan fingerprint density at radius 3 is 1.64 bits per heavy atom. The standard InChI is InChI=1S/C5H15NO3SSi/c1-6(2)10(7,8)9-11(3,4)5/h1-5H3. The second-order valence-corrected chi connectivity index (χ2v) is 9.91. The molecule has 0 rings (SSSR count). The molecule has 0 aromatic heterocycles.